The lowest BCUT2D eigenvalue weighted by molar-refractivity contribution is -0.271. The van der Waals surface area contributed by atoms with Crippen LogP contribution >= 0.6 is 0 Å². The fourth-order valence-electron chi connectivity index (χ4n) is 4.10. The summed E-state index contributed by atoms with van der Waals surface area (Å²) in [6.45, 7) is 1.24. The van der Waals surface area contributed by atoms with Crippen LogP contribution in [0.4, 0.5) is 0 Å². The minimum atomic E-state index is -1.78. The monoisotopic (exact) mass is 471 g/mol. The highest BCUT2D eigenvalue weighted by atomic mass is 16.7. The van der Waals surface area contributed by atoms with E-state index in [9.17, 15) is 25.2 Å². The number of carbonyl (C=O) groups is 1. The van der Waals surface area contributed by atoms with E-state index < -0.39 is 36.7 Å². The van der Waals surface area contributed by atoms with Gasteiger partial charge in [0.05, 0.1) is 0 Å². The molecule has 0 unspecified atom stereocenters. The highest BCUT2D eigenvalue weighted by molar-refractivity contribution is 5.85. The summed E-state index contributed by atoms with van der Waals surface area (Å²) in [6.07, 6.45) is -5.37. The molecule has 2 aromatic rings. The highest BCUT2D eigenvalue weighted by Crippen LogP contribution is 2.39. The van der Waals surface area contributed by atoms with Crippen molar-refractivity contribution in [1.29, 1.82) is 0 Å². The number of ether oxygens (including phenoxy) is 3. The van der Waals surface area contributed by atoms with Crippen molar-refractivity contribution in [3.63, 3.8) is 0 Å². The van der Waals surface area contributed by atoms with Crippen molar-refractivity contribution in [2.75, 3.05) is 20.6 Å². The van der Waals surface area contributed by atoms with Gasteiger partial charge in [-0.1, -0.05) is 30.3 Å². The zero-order chi connectivity index (χ0) is 24.4. The van der Waals surface area contributed by atoms with E-state index in [2.05, 4.69) is 17.0 Å². The van der Waals surface area contributed by atoms with E-state index >= 15 is 0 Å². The third-order valence-corrected chi connectivity index (χ3v) is 5.92. The lowest BCUT2D eigenvalue weighted by atomic mass is 9.93. The maximum atomic E-state index is 11.4. The molecule has 9 nitrogen and oxygen atoms in total. The zero-order valence-corrected chi connectivity index (χ0v) is 19.0. The first-order valence-electron chi connectivity index (χ1n) is 11.1. The van der Waals surface area contributed by atoms with E-state index in [1.807, 2.05) is 38.4 Å². The molecule has 0 spiro atoms. The predicted molar refractivity (Wildman–Crippen MR) is 122 cm³/mol. The second-order valence-corrected chi connectivity index (χ2v) is 8.67. The van der Waals surface area contributed by atoms with Gasteiger partial charge in [0, 0.05) is 18.2 Å². The van der Waals surface area contributed by atoms with Gasteiger partial charge in [-0.3, -0.25) is 0 Å². The number of benzene rings is 2. The molecule has 4 N–H and O–H groups in total. The Balaban J connectivity index is 1.63. The van der Waals surface area contributed by atoms with E-state index in [-0.39, 0.29) is 5.75 Å². The molecule has 0 saturated carbocycles. The van der Waals surface area contributed by atoms with Crippen molar-refractivity contribution >= 4 is 11.5 Å². The van der Waals surface area contributed by atoms with Gasteiger partial charge >= 0.3 is 5.97 Å². The number of carboxylic acid groups (broad SMARTS) is 1. The normalized spacial score (nSPS) is 27.5. The van der Waals surface area contributed by atoms with Crippen LogP contribution in [0.25, 0.3) is 5.57 Å². The van der Waals surface area contributed by atoms with Crippen molar-refractivity contribution in [3.8, 4) is 11.5 Å². The van der Waals surface area contributed by atoms with Crippen LogP contribution in [0.5, 0.6) is 11.5 Å². The summed E-state index contributed by atoms with van der Waals surface area (Å²) in [7, 11) is 4.04. The Hall–Kier alpha value is -2.95. The number of rotatable bonds is 6. The third-order valence-electron chi connectivity index (χ3n) is 5.92. The molecule has 9 heteroatoms. The molecule has 2 aromatic carbocycles. The summed E-state index contributed by atoms with van der Waals surface area (Å²) in [6, 6.07) is 13.2. The number of nitrogens with zero attached hydrogens (tertiary/aromatic N) is 1. The van der Waals surface area contributed by atoms with Crippen LogP contribution in [0.3, 0.4) is 0 Å². The molecule has 34 heavy (non-hydrogen) atoms. The summed E-state index contributed by atoms with van der Waals surface area (Å²) in [5.41, 5.74) is 4.04. The van der Waals surface area contributed by atoms with Crippen LogP contribution in [0.2, 0.25) is 0 Å². The van der Waals surface area contributed by atoms with Crippen LogP contribution in [-0.2, 0) is 16.1 Å². The summed E-state index contributed by atoms with van der Waals surface area (Å²) in [5.74, 6) is -0.651. The van der Waals surface area contributed by atoms with Crippen molar-refractivity contribution in [1.82, 2.24) is 4.90 Å². The zero-order valence-electron chi connectivity index (χ0n) is 19.0. The van der Waals surface area contributed by atoms with Gasteiger partial charge in [-0.2, -0.15) is 0 Å². The van der Waals surface area contributed by atoms with E-state index in [0.717, 1.165) is 35.2 Å². The van der Waals surface area contributed by atoms with Crippen molar-refractivity contribution in [2.24, 2.45) is 0 Å². The van der Waals surface area contributed by atoms with E-state index in [4.69, 9.17) is 14.2 Å². The van der Waals surface area contributed by atoms with Crippen molar-refractivity contribution < 1.29 is 39.4 Å². The molecule has 0 amide bonds. The second-order valence-electron chi connectivity index (χ2n) is 8.67. The number of hydrogen-bond acceptors (Lipinski definition) is 8. The Morgan fingerprint density at radius 2 is 1.85 bits per heavy atom. The second kappa shape index (κ2) is 10.1. The molecule has 0 bridgehead atoms. The van der Waals surface area contributed by atoms with Crippen LogP contribution in [0.15, 0.2) is 48.5 Å². The summed E-state index contributed by atoms with van der Waals surface area (Å²) >= 11 is 0. The minimum absolute atomic E-state index is 0.258. The van der Waals surface area contributed by atoms with Gasteiger partial charge in [-0.05, 0) is 49.3 Å². The SMILES string of the molecule is CN(C)CCC=C1c2ccccc2COc2cc(O[C@@H]3O[C@H](C(=O)O)[C@@H](O)[C@H](O)[C@H]3O)ccc21. The molecule has 2 aliphatic rings. The average molecular weight is 472 g/mol. The van der Waals surface area contributed by atoms with Crippen molar-refractivity contribution in [3.05, 3.63) is 65.2 Å². The van der Waals surface area contributed by atoms with Crippen molar-refractivity contribution in [2.45, 2.75) is 43.7 Å². The summed E-state index contributed by atoms with van der Waals surface area (Å²) in [5, 5.41) is 39.4. The summed E-state index contributed by atoms with van der Waals surface area (Å²) < 4.78 is 17.0. The predicted octanol–water partition coefficient (Wildman–Crippen LogP) is 1.23. The Kier molecular flexibility index (Phi) is 7.20. The molecule has 1 saturated heterocycles. The van der Waals surface area contributed by atoms with Gasteiger partial charge in [0.25, 0.3) is 0 Å². The molecular formula is C25H29NO8. The number of carboxylic acids is 1. The Bertz CT molecular complexity index is 1070. The lowest BCUT2D eigenvalue weighted by Gasteiger charge is -2.38. The summed E-state index contributed by atoms with van der Waals surface area (Å²) in [4.78, 5) is 13.5. The number of aliphatic hydroxyl groups is 3. The molecule has 4 rings (SSSR count). The number of aliphatic carboxylic acids is 1. The Labute approximate surface area is 197 Å². The van der Waals surface area contributed by atoms with Gasteiger partial charge in [-0.25, -0.2) is 4.79 Å². The van der Waals surface area contributed by atoms with Gasteiger partial charge in [0.2, 0.25) is 6.29 Å². The van der Waals surface area contributed by atoms with Crippen LogP contribution < -0.4 is 9.47 Å². The molecular weight excluding hydrogens is 442 g/mol. The van der Waals surface area contributed by atoms with Gasteiger partial charge in [0.1, 0.15) is 36.4 Å². The highest BCUT2D eigenvalue weighted by Gasteiger charge is 2.48. The first-order valence-corrected chi connectivity index (χ1v) is 11.1. The molecule has 0 aliphatic carbocycles. The van der Waals surface area contributed by atoms with E-state index in [1.54, 1.807) is 12.1 Å². The maximum Gasteiger partial charge on any atom is 0.335 e. The fourth-order valence-corrected chi connectivity index (χ4v) is 4.10. The Morgan fingerprint density at radius 3 is 2.59 bits per heavy atom. The largest absolute Gasteiger partial charge is 0.488 e. The topological polar surface area (TPSA) is 129 Å². The third kappa shape index (κ3) is 4.94. The molecule has 0 radical (unpaired) electrons. The average Bonchev–Trinajstić information content (AvgIpc) is 2.96. The maximum absolute atomic E-state index is 11.4. The van der Waals surface area contributed by atoms with Crippen LogP contribution in [-0.4, -0.2) is 82.6 Å². The molecule has 182 valence electrons. The first kappa shape index (κ1) is 24.2. The standard InChI is InChI=1S/C25H29NO8/c1-26(2)11-5-8-17-16-7-4-3-6-14(16)13-32-19-12-15(9-10-18(17)19)33-25-22(29)20(27)21(28)23(34-25)24(30)31/h3-4,6-10,12,20-23,25,27-29H,5,11,13H2,1-2H3,(H,30,31)/t20-,21-,22+,23-,25+/m0/s1. The number of hydrogen-bond donors (Lipinski definition) is 4. The lowest BCUT2D eigenvalue weighted by Crippen LogP contribution is -2.61. The van der Waals surface area contributed by atoms with Gasteiger partial charge in [-0.15, -0.1) is 0 Å². The molecule has 1 fully saturated rings. The first-order chi connectivity index (χ1) is 16.3. The van der Waals surface area contributed by atoms with Gasteiger partial charge < -0.3 is 39.5 Å². The molecule has 2 heterocycles. The quantitative estimate of drug-likeness (QED) is 0.492. The molecule has 5 atom stereocenters. The van der Waals surface area contributed by atoms with Crippen LogP contribution in [0.1, 0.15) is 23.1 Å². The number of aliphatic hydroxyl groups excluding tert-OH is 3. The fraction of sp³-hybridized carbons (Fsp3) is 0.400. The molecule has 0 aromatic heterocycles. The van der Waals surface area contributed by atoms with E-state index in [1.165, 1.54) is 0 Å². The minimum Gasteiger partial charge on any atom is -0.488 e. The Morgan fingerprint density at radius 1 is 1.09 bits per heavy atom. The smallest absolute Gasteiger partial charge is 0.335 e. The van der Waals surface area contributed by atoms with Crippen LogP contribution in [0, 0.1) is 0 Å². The van der Waals surface area contributed by atoms with E-state index in [0.29, 0.717) is 12.4 Å². The number of fused-ring (bicyclic) bond motifs is 2. The van der Waals surface area contributed by atoms with Gasteiger partial charge in [0.15, 0.2) is 6.10 Å². The molecule has 2 aliphatic heterocycles.